The topological polar surface area (TPSA) is 267 Å². The average Bonchev–Trinajstić information content (AvgIpc) is 3.15. The Morgan fingerprint density at radius 2 is 1.14 bits per heavy atom. The Kier molecular flexibility index (Phi) is 9.69. The van der Waals surface area contributed by atoms with Gasteiger partial charge in [0.25, 0.3) is 0 Å². The minimum Gasteiger partial charge on any atom is -0.394 e. The van der Waals surface area contributed by atoms with Crippen molar-refractivity contribution in [1.29, 1.82) is 0 Å². The molecule has 0 aromatic rings. The third kappa shape index (κ3) is 6.08. The summed E-state index contributed by atoms with van der Waals surface area (Å²) >= 11 is 0. The molecular weight excluding hydrogens is 512 g/mol. The summed E-state index contributed by atoms with van der Waals surface area (Å²) in [5.41, 5.74) is 0. The maximum absolute atomic E-state index is 11.1. The normalized spacial score (nSPS) is 53.4. The van der Waals surface area contributed by atoms with E-state index in [2.05, 4.69) is 0 Å². The molecule has 0 saturated carbocycles. The maximum Gasteiger partial charge on any atom is 0.187 e. The Hall–Kier alpha value is -0.680. The highest BCUT2D eigenvalue weighted by atomic mass is 16.8. The minimum absolute atomic E-state index is 0.367. The van der Waals surface area contributed by atoms with Gasteiger partial charge in [0.2, 0.25) is 0 Å². The molecule has 17 nitrogen and oxygen atoms in total. The Morgan fingerprint density at radius 1 is 0.541 bits per heavy atom. The van der Waals surface area contributed by atoms with Crippen molar-refractivity contribution in [1.82, 2.24) is 0 Å². The molecule has 4 saturated heterocycles. The predicted molar refractivity (Wildman–Crippen MR) is 110 cm³/mol. The fourth-order valence-electron chi connectivity index (χ4n) is 4.41. The maximum atomic E-state index is 11.1. The zero-order chi connectivity index (χ0) is 27.0. The summed E-state index contributed by atoms with van der Waals surface area (Å²) in [5, 5.41) is 100. The Bertz CT molecular complexity index is 731. The monoisotopic (exact) mass is 546 g/mol. The van der Waals surface area contributed by atoms with E-state index in [0.29, 0.717) is 0 Å². The van der Waals surface area contributed by atoms with Crippen LogP contribution in [0.5, 0.6) is 0 Å². The molecule has 4 aliphatic heterocycles. The Labute approximate surface area is 209 Å². The summed E-state index contributed by atoms with van der Waals surface area (Å²) in [5.74, 6) is 0. The largest absolute Gasteiger partial charge is 0.394 e. The molecule has 0 bridgehead atoms. The van der Waals surface area contributed by atoms with Gasteiger partial charge in [0, 0.05) is 0 Å². The number of aliphatic hydroxyl groups excluding tert-OH is 10. The molecule has 4 heterocycles. The van der Waals surface area contributed by atoms with E-state index in [1.54, 1.807) is 0 Å². The van der Waals surface area contributed by atoms with Crippen molar-refractivity contribution in [2.45, 2.75) is 98.4 Å². The van der Waals surface area contributed by atoms with E-state index in [1.807, 2.05) is 0 Å². The highest BCUT2D eigenvalue weighted by Gasteiger charge is 2.52. The van der Waals surface area contributed by atoms with Crippen LogP contribution in [0.15, 0.2) is 0 Å². The zero-order valence-electron chi connectivity index (χ0n) is 19.4. The average molecular weight is 546 g/mol. The number of rotatable bonds is 7. The van der Waals surface area contributed by atoms with Crippen LogP contribution in [0.3, 0.4) is 0 Å². The van der Waals surface area contributed by atoms with Crippen LogP contribution >= 0.6 is 0 Å². The lowest BCUT2D eigenvalue weighted by Crippen LogP contribution is -2.62. The van der Waals surface area contributed by atoms with Gasteiger partial charge in [-0.3, -0.25) is 0 Å². The van der Waals surface area contributed by atoms with Gasteiger partial charge in [-0.15, -0.1) is 0 Å². The standard InChI is InChI=1S/C20H34O17/c21-1-6-10(24)15(29)19(34-6)37-16-12(26)8(35-18-14(28)9(23)5(22)2-32-18)4-33-20(16)36-7-3-31-17(30)13(27)11(7)25/h5-30H,1-4H2/t5-,6+,7-,8-,9+,10+,11+,12+,13-,14-,15-,16-,17-,18+,19+,20+/m1/s1. The van der Waals surface area contributed by atoms with Gasteiger partial charge in [-0.1, -0.05) is 0 Å². The summed E-state index contributed by atoms with van der Waals surface area (Å²) in [7, 11) is 0. The first-order chi connectivity index (χ1) is 17.5. The molecule has 0 amide bonds. The lowest BCUT2D eigenvalue weighted by molar-refractivity contribution is -0.364. The van der Waals surface area contributed by atoms with Gasteiger partial charge < -0.3 is 84.2 Å². The zero-order valence-corrected chi connectivity index (χ0v) is 19.4. The molecule has 0 aromatic heterocycles. The van der Waals surface area contributed by atoms with E-state index in [9.17, 15) is 51.1 Å². The lowest BCUT2D eigenvalue weighted by atomic mass is 10.0. The fourth-order valence-corrected chi connectivity index (χ4v) is 4.41. The molecule has 0 spiro atoms. The molecule has 10 N–H and O–H groups in total. The molecule has 4 fully saturated rings. The van der Waals surface area contributed by atoms with Gasteiger partial charge >= 0.3 is 0 Å². The fraction of sp³-hybridized carbons (Fsp3) is 1.00. The first kappa shape index (κ1) is 29.3. The lowest BCUT2D eigenvalue weighted by Gasteiger charge is -2.45. The highest BCUT2D eigenvalue weighted by molar-refractivity contribution is 4.93. The number of hydrogen-bond acceptors (Lipinski definition) is 17. The van der Waals surface area contributed by atoms with Gasteiger partial charge in [0.05, 0.1) is 26.4 Å². The summed E-state index contributed by atoms with van der Waals surface area (Å²) < 4.78 is 37.9. The Balaban J connectivity index is 1.48. The van der Waals surface area contributed by atoms with Crippen LogP contribution in [-0.2, 0) is 33.2 Å². The van der Waals surface area contributed by atoms with Crippen molar-refractivity contribution >= 4 is 0 Å². The van der Waals surface area contributed by atoms with E-state index in [-0.39, 0.29) is 13.2 Å². The highest BCUT2D eigenvalue weighted by Crippen LogP contribution is 2.31. The third-order valence-electron chi connectivity index (χ3n) is 6.73. The number of ether oxygens (including phenoxy) is 7. The Morgan fingerprint density at radius 3 is 1.81 bits per heavy atom. The van der Waals surface area contributed by atoms with Gasteiger partial charge in [0.1, 0.15) is 73.2 Å². The van der Waals surface area contributed by atoms with E-state index in [4.69, 9.17) is 33.2 Å². The van der Waals surface area contributed by atoms with Crippen molar-refractivity contribution in [2.24, 2.45) is 0 Å². The molecule has 17 heteroatoms. The number of aliphatic hydroxyl groups is 10. The van der Waals surface area contributed by atoms with Gasteiger partial charge in [-0.2, -0.15) is 0 Å². The molecule has 0 radical (unpaired) electrons. The van der Waals surface area contributed by atoms with Crippen LogP contribution in [0, 0.1) is 0 Å². The quantitative estimate of drug-likeness (QED) is 0.142. The molecule has 0 aromatic carbocycles. The van der Waals surface area contributed by atoms with Gasteiger partial charge in [0.15, 0.2) is 25.2 Å². The van der Waals surface area contributed by atoms with Crippen LogP contribution in [0.1, 0.15) is 0 Å². The van der Waals surface area contributed by atoms with E-state index >= 15 is 0 Å². The molecular formula is C20H34O17. The van der Waals surface area contributed by atoms with Gasteiger partial charge in [-0.25, -0.2) is 0 Å². The van der Waals surface area contributed by atoms with Gasteiger partial charge in [-0.05, 0) is 0 Å². The van der Waals surface area contributed by atoms with Crippen LogP contribution in [-0.4, -0.2) is 176 Å². The number of hydrogen-bond donors (Lipinski definition) is 10. The summed E-state index contributed by atoms with van der Waals surface area (Å²) in [4.78, 5) is 0. The second kappa shape index (κ2) is 12.2. The predicted octanol–water partition coefficient (Wildman–Crippen LogP) is -7.19. The van der Waals surface area contributed by atoms with E-state index in [1.165, 1.54) is 0 Å². The van der Waals surface area contributed by atoms with Crippen molar-refractivity contribution in [3.8, 4) is 0 Å². The van der Waals surface area contributed by atoms with Crippen molar-refractivity contribution in [3.05, 3.63) is 0 Å². The van der Waals surface area contributed by atoms with Crippen LogP contribution in [0.2, 0.25) is 0 Å². The van der Waals surface area contributed by atoms with Crippen LogP contribution in [0.25, 0.3) is 0 Å². The second-order valence-electron chi connectivity index (χ2n) is 9.30. The summed E-state index contributed by atoms with van der Waals surface area (Å²) in [6.07, 6.45) is -24.3. The third-order valence-corrected chi connectivity index (χ3v) is 6.73. The van der Waals surface area contributed by atoms with Crippen LogP contribution < -0.4 is 0 Å². The van der Waals surface area contributed by atoms with Crippen molar-refractivity contribution in [3.63, 3.8) is 0 Å². The first-order valence-corrected chi connectivity index (χ1v) is 11.7. The molecule has 216 valence electrons. The molecule has 0 unspecified atom stereocenters. The summed E-state index contributed by atoms with van der Waals surface area (Å²) in [6.45, 7) is -1.79. The minimum atomic E-state index is -1.71. The van der Waals surface area contributed by atoms with Crippen molar-refractivity contribution in [2.75, 3.05) is 26.4 Å². The smallest absolute Gasteiger partial charge is 0.187 e. The molecule has 16 atom stereocenters. The van der Waals surface area contributed by atoms with E-state index in [0.717, 1.165) is 0 Å². The molecule has 4 aliphatic rings. The summed E-state index contributed by atoms with van der Waals surface area (Å²) in [6, 6.07) is 0. The first-order valence-electron chi connectivity index (χ1n) is 11.7. The van der Waals surface area contributed by atoms with Crippen LogP contribution in [0.4, 0.5) is 0 Å². The molecule has 0 aliphatic carbocycles. The van der Waals surface area contributed by atoms with Crippen molar-refractivity contribution < 1.29 is 84.2 Å². The van der Waals surface area contributed by atoms with E-state index < -0.39 is 112 Å². The molecule has 4 rings (SSSR count). The second-order valence-corrected chi connectivity index (χ2v) is 9.30. The SMILES string of the molecule is OC[C@@H]1O[C@@H](O[C@H]2[C@H](O[C@@H]3CO[C@@H](O)[C@H](O)[C@H]3O)OC[C@@H](O[C@@H]3OC[C@@H](O)[C@H](O)[C@H]3O)[C@@H]2O)[C@H](O)[C@H]1O. The molecule has 37 heavy (non-hydrogen) atoms.